The van der Waals surface area contributed by atoms with E-state index in [9.17, 15) is 14.4 Å². The summed E-state index contributed by atoms with van der Waals surface area (Å²) in [6.07, 6.45) is 5.61. The first-order valence-corrected chi connectivity index (χ1v) is 12.1. The molecule has 2 aromatic rings. The highest BCUT2D eigenvalue weighted by Crippen LogP contribution is 2.65. The molecule has 7 atom stereocenters. The van der Waals surface area contributed by atoms with Gasteiger partial charge in [0.1, 0.15) is 11.8 Å². The minimum Gasteiger partial charge on any atom is -0.495 e. The maximum atomic E-state index is 13.7. The molecule has 3 amide bonds. The van der Waals surface area contributed by atoms with Crippen molar-refractivity contribution in [2.75, 3.05) is 12.4 Å². The van der Waals surface area contributed by atoms with Crippen LogP contribution in [-0.4, -0.2) is 35.8 Å². The first kappa shape index (κ1) is 21.4. The number of rotatable bonds is 6. The van der Waals surface area contributed by atoms with E-state index in [0.29, 0.717) is 28.3 Å². The molecule has 1 N–H and O–H groups in total. The highest BCUT2D eigenvalue weighted by atomic mass is 35.5. The summed E-state index contributed by atoms with van der Waals surface area (Å²) in [4.78, 5) is 42.3. The topological polar surface area (TPSA) is 75.7 Å². The molecule has 3 fully saturated rings. The number of hydrogen-bond donors (Lipinski definition) is 1. The Morgan fingerprint density at radius 3 is 2.32 bits per heavy atom. The van der Waals surface area contributed by atoms with Gasteiger partial charge in [-0.2, -0.15) is 0 Å². The Balaban J connectivity index is 1.34. The van der Waals surface area contributed by atoms with E-state index < -0.39 is 11.9 Å². The normalized spacial score (nSPS) is 31.2. The molecule has 7 rings (SSSR count). The van der Waals surface area contributed by atoms with E-state index in [0.717, 1.165) is 12.0 Å². The zero-order valence-corrected chi connectivity index (χ0v) is 19.4. The van der Waals surface area contributed by atoms with E-state index >= 15 is 0 Å². The van der Waals surface area contributed by atoms with Crippen LogP contribution in [0, 0.1) is 35.5 Å². The molecular weight excluding hydrogens is 452 g/mol. The molecule has 2 saturated carbocycles. The number of methoxy groups -OCH3 is 1. The van der Waals surface area contributed by atoms with Crippen molar-refractivity contribution >= 4 is 35.0 Å². The van der Waals surface area contributed by atoms with E-state index in [1.165, 1.54) is 12.0 Å². The minimum absolute atomic E-state index is 0.106. The monoisotopic (exact) mass is 476 g/mol. The second kappa shape index (κ2) is 7.98. The van der Waals surface area contributed by atoms with Crippen LogP contribution < -0.4 is 10.1 Å². The molecule has 0 aromatic heterocycles. The number of nitrogens with one attached hydrogen (secondary N) is 1. The van der Waals surface area contributed by atoms with Crippen LogP contribution in [0.5, 0.6) is 5.75 Å². The molecule has 1 heterocycles. The number of allylic oxidation sites excluding steroid dienone is 2. The number of amides is 3. The van der Waals surface area contributed by atoms with Gasteiger partial charge in [0.25, 0.3) is 0 Å². The highest BCUT2D eigenvalue weighted by Gasteiger charge is 2.67. The molecule has 34 heavy (non-hydrogen) atoms. The van der Waals surface area contributed by atoms with Gasteiger partial charge in [0.05, 0.1) is 24.6 Å². The van der Waals surface area contributed by atoms with Crippen LogP contribution in [0.1, 0.15) is 12.0 Å². The fraction of sp³-hybridized carbons (Fsp3) is 0.370. The van der Waals surface area contributed by atoms with Gasteiger partial charge in [-0.25, -0.2) is 0 Å². The SMILES string of the molecule is COc1ccc(Cl)cc1NC(=O)[C@H](Cc1ccccc1)N1C(=O)[C@@H]2[C@H]3C=C[C@@H]([C@@H]4C[C@@H]34)[C@H]2C1=O. The molecule has 0 radical (unpaired) electrons. The molecule has 1 saturated heterocycles. The lowest BCUT2D eigenvalue weighted by Gasteiger charge is -2.37. The van der Waals surface area contributed by atoms with Crippen molar-refractivity contribution in [2.24, 2.45) is 35.5 Å². The molecule has 2 aromatic carbocycles. The molecule has 7 heteroatoms. The van der Waals surface area contributed by atoms with Gasteiger partial charge in [-0.15, -0.1) is 0 Å². The number of carbonyl (C=O) groups excluding carboxylic acids is 3. The molecule has 1 aliphatic heterocycles. The standard InChI is InChI=1S/C27H25ClN2O4/c1-34-22-10-7-15(28)12-20(22)29-25(31)21(11-14-5-3-2-4-6-14)30-26(32)23-16-8-9-17(19-13-18(16)19)24(23)27(30)33/h2-10,12,16-19,21,23-24H,11,13H2,1H3,(H,29,31)/t16-,17-,18-,19-,21-,23+,24+/m0/s1. The number of carbonyl (C=O) groups is 3. The average molecular weight is 477 g/mol. The van der Waals surface area contributed by atoms with Crippen molar-refractivity contribution < 1.29 is 19.1 Å². The van der Waals surface area contributed by atoms with Gasteiger partial charge >= 0.3 is 0 Å². The number of imide groups is 1. The van der Waals surface area contributed by atoms with Gasteiger partial charge in [-0.05, 0) is 53.9 Å². The van der Waals surface area contributed by atoms with Gasteiger partial charge in [0.2, 0.25) is 17.7 Å². The average Bonchev–Trinajstić information content (AvgIpc) is 3.62. The van der Waals surface area contributed by atoms with Crippen molar-refractivity contribution in [1.82, 2.24) is 4.90 Å². The maximum Gasteiger partial charge on any atom is 0.248 e. The van der Waals surface area contributed by atoms with Crippen molar-refractivity contribution in [1.29, 1.82) is 0 Å². The summed E-state index contributed by atoms with van der Waals surface area (Å²) in [5.41, 5.74) is 1.28. The Kier molecular flexibility index (Phi) is 5.03. The van der Waals surface area contributed by atoms with Crippen molar-refractivity contribution in [3.05, 3.63) is 71.3 Å². The predicted molar refractivity (Wildman–Crippen MR) is 127 cm³/mol. The summed E-state index contributed by atoms with van der Waals surface area (Å²) in [5, 5.41) is 3.31. The largest absolute Gasteiger partial charge is 0.495 e. The van der Waals surface area contributed by atoms with Crippen LogP contribution in [0.4, 0.5) is 5.69 Å². The summed E-state index contributed by atoms with van der Waals surface area (Å²) in [6.45, 7) is 0. The summed E-state index contributed by atoms with van der Waals surface area (Å²) in [7, 11) is 1.51. The van der Waals surface area contributed by atoms with E-state index in [2.05, 4.69) is 17.5 Å². The quantitative estimate of drug-likeness (QED) is 0.506. The molecule has 0 spiro atoms. The van der Waals surface area contributed by atoms with Gasteiger partial charge < -0.3 is 10.1 Å². The van der Waals surface area contributed by atoms with E-state index in [1.807, 2.05) is 30.3 Å². The first-order chi connectivity index (χ1) is 16.5. The lowest BCUT2D eigenvalue weighted by molar-refractivity contribution is -0.146. The third-order valence-corrected chi connectivity index (χ3v) is 8.24. The second-order valence-electron chi connectivity index (χ2n) is 9.74. The van der Waals surface area contributed by atoms with E-state index in [4.69, 9.17) is 16.3 Å². The van der Waals surface area contributed by atoms with Crippen LogP contribution >= 0.6 is 11.6 Å². The maximum absolute atomic E-state index is 13.7. The molecular formula is C27H25ClN2O4. The molecule has 4 aliphatic carbocycles. The molecule has 5 aliphatic rings. The molecule has 0 unspecified atom stereocenters. The lowest BCUT2D eigenvalue weighted by Crippen LogP contribution is -2.49. The fourth-order valence-electron chi connectivity index (χ4n) is 6.42. The summed E-state index contributed by atoms with van der Waals surface area (Å²) in [5.74, 6) is 0.111. The summed E-state index contributed by atoms with van der Waals surface area (Å²) in [6, 6.07) is 13.4. The number of benzene rings is 2. The fourth-order valence-corrected chi connectivity index (χ4v) is 6.59. The summed E-state index contributed by atoms with van der Waals surface area (Å²) >= 11 is 6.15. The molecule has 174 valence electrons. The number of likely N-dealkylation sites (tertiary alicyclic amines) is 1. The van der Waals surface area contributed by atoms with Gasteiger partial charge in [0, 0.05) is 11.4 Å². The van der Waals surface area contributed by atoms with Crippen LogP contribution in [0.2, 0.25) is 5.02 Å². The van der Waals surface area contributed by atoms with Crippen molar-refractivity contribution in [2.45, 2.75) is 18.9 Å². The number of nitrogens with zero attached hydrogens (tertiary/aromatic N) is 1. The number of halogens is 1. The molecule has 6 nitrogen and oxygen atoms in total. The highest BCUT2D eigenvalue weighted by molar-refractivity contribution is 6.31. The van der Waals surface area contributed by atoms with Crippen LogP contribution in [-0.2, 0) is 20.8 Å². The number of anilines is 1. The predicted octanol–water partition coefficient (Wildman–Crippen LogP) is 3.95. The van der Waals surface area contributed by atoms with E-state index in [-0.39, 0.29) is 41.9 Å². The lowest BCUT2D eigenvalue weighted by atomic mass is 9.63. The minimum atomic E-state index is -0.965. The smallest absolute Gasteiger partial charge is 0.248 e. The zero-order chi connectivity index (χ0) is 23.6. The number of ether oxygens (including phenoxy) is 1. The Morgan fingerprint density at radius 1 is 1.06 bits per heavy atom. The third kappa shape index (κ3) is 3.27. The molecule has 2 bridgehead atoms. The Morgan fingerprint density at radius 2 is 1.71 bits per heavy atom. The van der Waals surface area contributed by atoms with Gasteiger partial charge in [0.15, 0.2) is 0 Å². The van der Waals surface area contributed by atoms with Crippen LogP contribution in [0.25, 0.3) is 0 Å². The first-order valence-electron chi connectivity index (χ1n) is 11.7. The Hall–Kier alpha value is -3.12. The van der Waals surface area contributed by atoms with Crippen molar-refractivity contribution in [3.8, 4) is 5.75 Å². The van der Waals surface area contributed by atoms with Gasteiger partial charge in [-0.3, -0.25) is 19.3 Å². The van der Waals surface area contributed by atoms with Gasteiger partial charge in [-0.1, -0.05) is 54.1 Å². The second-order valence-corrected chi connectivity index (χ2v) is 10.2. The Labute approximate surface area is 202 Å². The Bertz CT molecular complexity index is 1180. The van der Waals surface area contributed by atoms with Crippen LogP contribution in [0.15, 0.2) is 60.7 Å². The third-order valence-electron chi connectivity index (χ3n) is 8.00. The van der Waals surface area contributed by atoms with Crippen molar-refractivity contribution in [3.63, 3.8) is 0 Å². The summed E-state index contributed by atoms with van der Waals surface area (Å²) < 4.78 is 5.37. The van der Waals surface area contributed by atoms with E-state index in [1.54, 1.807) is 18.2 Å². The number of hydrogen-bond acceptors (Lipinski definition) is 4. The zero-order valence-electron chi connectivity index (χ0n) is 18.7. The van der Waals surface area contributed by atoms with Crippen LogP contribution in [0.3, 0.4) is 0 Å².